The molecule has 6 heteroatoms. The van der Waals surface area contributed by atoms with E-state index in [4.69, 9.17) is 4.74 Å². The van der Waals surface area contributed by atoms with Crippen LogP contribution in [0.25, 0.3) is 0 Å². The van der Waals surface area contributed by atoms with Crippen LogP contribution in [0.4, 0.5) is 11.4 Å². The summed E-state index contributed by atoms with van der Waals surface area (Å²) in [6.45, 7) is 4.26. The van der Waals surface area contributed by atoms with Crippen molar-refractivity contribution < 1.29 is 14.5 Å². The Morgan fingerprint density at radius 2 is 1.74 bits per heavy atom. The molecule has 0 aliphatic carbocycles. The fourth-order valence-electron chi connectivity index (χ4n) is 4.36. The summed E-state index contributed by atoms with van der Waals surface area (Å²) in [6, 6.07) is 21.4. The van der Waals surface area contributed by atoms with Gasteiger partial charge in [-0.1, -0.05) is 42.5 Å². The third kappa shape index (κ3) is 3.26. The predicted octanol–water partition coefficient (Wildman–Crippen LogP) is 5.28. The average Bonchev–Trinajstić information content (AvgIpc) is 3.03. The molecular weight excluding hydrogens is 392 g/mol. The van der Waals surface area contributed by atoms with Crippen LogP contribution < -0.4 is 9.64 Å². The van der Waals surface area contributed by atoms with Crippen LogP contribution >= 0.6 is 0 Å². The summed E-state index contributed by atoms with van der Waals surface area (Å²) in [5, 5.41) is 11.9. The van der Waals surface area contributed by atoms with Crippen molar-refractivity contribution in [3.8, 4) is 5.75 Å². The van der Waals surface area contributed by atoms with Crippen LogP contribution in [0.3, 0.4) is 0 Å². The van der Waals surface area contributed by atoms with E-state index in [0.717, 1.165) is 17.0 Å². The molecule has 4 rings (SSSR count). The Bertz CT molecular complexity index is 1160. The molecule has 1 aliphatic rings. The largest absolute Gasteiger partial charge is 0.497 e. The molecule has 0 saturated carbocycles. The number of carbonyl (C=O) groups is 1. The first-order valence-corrected chi connectivity index (χ1v) is 9.92. The molecular formula is C25H22N2O4. The highest BCUT2D eigenvalue weighted by Crippen LogP contribution is 2.50. The Morgan fingerprint density at radius 1 is 1.06 bits per heavy atom. The molecule has 0 bridgehead atoms. The fourth-order valence-corrected chi connectivity index (χ4v) is 4.36. The molecule has 1 unspecified atom stereocenters. The van der Waals surface area contributed by atoms with Crippen LogP contribution in [-0.4, -0.2) is 17.8 Å². The van der Waals surface area contributed by atoms with E-state index < -0.39 is 10.5 Å². The lowest BCUT2D eigenvalue weighted by Crippen LogP contribution is -2.47. The molecule has 156 valence electrons. The van der Waals surface area contributed by atoms with Gasteiger partial charge in [0, 0.05) is 30.3 Å². The van der Waals surface area contributed by atoms with E-state index >= 15 is 0 Å². The third-order valence-electron chi connectivity index (χ3n) is 5.76. The molecule has 1 atom stereocenters. The Labute approximate surface area is 180 Å². The lowest BCUT2D eigenvalue weighted by molar-refractivity contribution is -0.386. The third-order valence-corrected chi connectivity index (χ3v) is 5.76. The van der Waals surface area contributed by atoms with Crippen molar-refractivity contribution in [2.75, 3.05) is 12.0 Å². The van der Waals surface area contributed by atoms with Gasteiger partial charge in [0.15, 0.2) is 5.78 Å². The van der Waals surface area contributed by atoms with Crippen LogP contribution in [0.15, 0.2) is 85.5 Å². The SMILES string of the molecule is C=CCC1(c2ccccc2[N+](=O)[O-])C(=O)c2ccccc2N1Cc1ccc(OC)cc1. The minimum atomic E-state index is -1.25. The summed E-state index contributed by atoms with van der Waals surface area (Å²) in [5.74, 6) is 0.573. The van der Waals surface area contributed by atoms with Crippen LogP contribution in [0, 0.1) is 10.1 Å². The van der Waals surface area contributed by atoms with Crippen molar-refractivity contribution in [3.05, 3.63) is 112 Å². The molecule has 3 aromatic carbocycles. The van der Waals surface area contributed by atoms with Crippen molar-refractivity contribution in [2.24, 2.45) is 0 Å². The molecule has 0 amide bonds. The monoisotopic (exact) mass is 414 g/mol. The number of benzene rings is 3. The normalized spacial score (nSPS) is 17.3. The van der Waals surface area contributed by atoms with Gasteiger partial charge >= 0.3 is 0 Å². The van der Waals surface area contributed by atoms with E-state index in [0.29, 0.717) is 17.7 Å². The van der Waals surface area contributed by atoms with E-state index in [1.807, 2.05) is 47.4 Å². The lowest BCUT2D eigenvalue weighted by Gasteiger charge is -2.38. The number of rotatable bonds is 7. The van der Waals surface area contributed by atoms with Crippen LogP contribution in [0.5, 0.6) is 5.75 Å². The van der Waals surface area contributed by atoms with Crippen molar-refractivity contribution in [2.45, 2.75) is 18.5 Å². The van der Waals surface area contributed by atoms with Gasteiger partial charge in [0.1, 0.15) is 11.3 Å². The summed E-state index contributed by atoms with van der Waals surface area (Å²) in [7, 11) is 1.61. The zero-order valence-corrected chi connectivity index (χ0v) is 17.2. The molecule has 0 saturated heterocycles. The van der Waals surface area contributed by atoms with Gasteiger partial charge in [-0.3, -0.25) is 14.9 Å². The first-order chi connectivity index (χ1) is 15.0. The number of fused-ring (bicyclic) bond motifs is 1. The molecule has 0 radical (unpaired) electrons. The van der Waals surface area contributed by atoms with E-state index in [-0.39, 0.29) is 17.9 Å². The number of hydrogen-bond acceptors (Lipinski definition) is 5. The number of hydrogen-bond donors (Lipinski definition) is 0. The van der Waals surface area contributed by atoms with Gasteiger partial charge in [0.2, 0.25) is 0 Å². The van der Waals surface area contributed by atoms with Gasteiger partial charge in [0.05, 0.1) is 17.6 Å². The second kappa shape index (κ2) is 8.07. The Kier molecular flexibility index (Phi) is 5.29. The second-order valence-electron chi connectivity index (χ2n) is 7.41. The zero-order valence-electron chi connectivity index (χ0n) is 17.2. The number of ketones is 1. The van der Waals surface area contributed by atoms with E-state index in [9.17, 15) is 14.9 Å². The summed E-state index contributed by atoms with van der Waals surface area (Å²) in [6.07, 6.45) is 1.89. The van der Waals surface area contributed by atoms with Gasteiger partial charge in [0.25, 0.3) is 5.69 Å². The highest BCUT2D eigenvalue weighted by Gasteiger charge is 2.54. The van der Waals surface area contributed by atoms with Gasteiger partial charge in [-0.05, 0) is 35.9 Å². The van der Waals surface area contributed by atoms with Gasteiger partial charge in [-0.2, -0.15) is 0 Å². The van der Waals surface area contributed by atoms with Gasteiger partial charge in [-0.25, -0.2) is 0 Å². The summed E-state index contributed by atoms with van der Waals surface area (Å²) in [5.41, 5.74) is 1.30. The maximum atomic E-state index is 13.9. The maximum absolute atomic E-state index is 13.9. The first kappa shape index (κ1) is 20.3. The number of anilines is 1. The minimum absolute atomic E-state index is 0.0785. The Morgan fingerprint density at radius 3 is 2.42 bits per heavy atom. The number of ether oxygens (including phenoxy) is 1. The van der Waals surface area contributed by atoms with E-state index in [1.54, 1.807) is 37.5 Å². The Balaban J connectivity index is 1.94. The number of nitrogens with zero attached hydrogens (tertiary/aromatic N) is 2. The van der Waals surface area contributed by atoms with Crippen molar-refractivity contribution >= 4 is 17.2 Å². The fraction of sp³-hybridized carbons (Fsp3) is 0.160. The van der Waals surface area contributed by atoms with E-state index in [2.05, 4.69) is 6.58 Å². The van der Waals surface area contributed by atoms with Crippen LogP contribution in [-0.2, 0) is 12.1 Å². The summed E-state index contributed by atoms with van der Waals surface area (Å²) < 4.78 is 5.25. The van der Waals surface area contributed by atoms with Crippen LogP contribution in [0.1, 0.15) is 27.9 Å². The molecule has 1 aliphatic heterocycles. The molecule has 0 N–H and O–H groups in total. The standard InChI is InChI=1S/C25H22N2O4/c1-3-16-25(21-9-5-7-11-23(21)27(29)30)24(28)20-8-4-6-10-22(20)26(25)17-18-12-14-19(31-2)15-13-18/h3-15H,1,16-17H2,2H3. The number of nitro groups is 1. The highest BCUT2D eigenvalue weighted by atomic mass is 16.6. The number of methoxy groups -OCH3 is 1. The summed E-state index contributed by atoms with van der Waals surface area (Å²) in [4.78, 5) is 27.3. The summed E-state index contributed by atoms with van der Waals surface area (Å²) >= 11 is 0. The number of para-hydroxylation sites is 2. The number of Topliss-reactive ketones (excluding diaryl/α,β-unsaturated/α-hetero) is 1. The number of nitro benzene ring substituents is 1. The lowest BCUT2D eigenvalue weighted by atomic mass is 9.80. The average molecular weight is 414 g/mol. The van der Waals surface area contributed by atoms with Gasteiger partial charge < -0.3 is 9.64 Å². The van der Waals surface area contributed by atoms with Gasteiger partial charge in [-0.15, -0.1) is 6.58 Å². The van der Waals surface area contributed by atoms with Crippen molar-refractivity contribution in [3.63, 3.8) is 0 Å². The minimum Gasteiger partial charge on any atom is -0.497 e. The molecule has 31 heavy (non-hydrogen) atoms. The maximum Gasteiger partial charge on any atom is 0.275 e. The predicted molar refractivity (Wildman–Crippen MR) is 120 cm³/mol. The molecule has 0 spiro atoms. The Hall–Kier alpha value is -3.93. The highest BCUT2D eigenvalue weighted by molar-refractivity contribution is 6.14. The van der Waals surface area contributed by atoms with Crippen molar-refractivity contribution in [1.29, 1.82) is 0 Å². The van der Waals surface area contributed by atoms with E-state index in [1.165, 1.54) is 6.07 Å². The quantitative estimate of drug-likeness (QED) is 0.299. The zero-order chi connectivity index (χ0) is 22.0. The topological polar surface area (TPSA) is 72.7 Å². The first-order valence-electron chi connectivity index (χ1n) is 9.92. The van der Waals surface area contributed by atoms with Crippen molar-refractivity contribution in [1.82, 2.24) is 0 Å². The van der Waals surface area contributed by atoms with Crippen LogP contribution in [0.2, 0.25) is 0 Å². The molecule has 3 aromatic rings. The molecule has 6 nitrogen and oxygen atoms in total. The number of carbonyl (C=O) groups excluding carboxylic acids is 1. The smallest absolute Gasteiger partial charge is 0.275 e. The molecule has 0 aromatic heterocycles. The molecule has 0 fully saturated rings. The molecule has 1 heterocycles. The second-order valence-corrected chi connectivity index (χ2v) is 7.41.